The Labute approximate surface area is 264 Å². The van der Waals surface area contributed by atoms with Crippen LogP contribution in [-0.2, 0) is 11.3 Å². The number of aromatic nitrogens is 2. The molecule has 0 bridgehead atoms. The van der Waals surface area contributed by atoms with Gasteiger partial charge in [0.05, 0.1) is 19.8 Å². The van der Waals surface area contributed by atoms with Crippen molar-refractivity contribution in [2.45, 2.75) is 47.0 Å². The van der Waals surface area contributed by atoms with E-state index in [2.05, 4.69) is 31.9 Å². The minimum atomic E-state index is -0.938. The number of carbonyl (C=O) groups is 1. The van der Waals surface area contributed by atoms with E-state index in [1.165, 1.54) is 0 Å². The monoisotopic (exact) mass is 616 g/mol. The average molecular weight is 617 g/mol. The molecule has 0 aliphatic carbocycles. The van der Waals surface area contributed by atoms with Crippen LogP contribution in [0, 0.1) is 20.8 Å². The summed E-state index contributed by atoms with van der Waals surface area (Å²) in [6.07, 6.45) is 1.85. The molecule has 3 aromatic rings. The zero-order valence-corrected chi connectivity index (χ0v) is 27.0. The molecule has 1 amide bonds. The Balaban J connectivity index is 1.31. The number of fused-ring (bicyclic) bond motifs is 1. The van der Waals surface area contributed by atoms with Gasteiger partial charge in [-0.1, -0.05) is 6.92 Å². The maximum absolute atomic E-state index is 13.7. The second-order valence-corrected chi connectivity index (χ2v) is 12.4. The third-order valence-electron chi connectivity index (χ3n) is 9.10. The van der Waals surface area contributed by atoms with Gasteiger partial charge in [-0.2, -0.15) is 0 Å². The quantitative estimate of drug-likeness (QED) is 0.394. The van der Waals surface area contributed by atoms with Gasteiger partial charge in [-0.15, -0.1) is 0 Å². The number of morpholine rings is 1. The molecule has 0 radical (unpaired) electrons. The summed E-state index contributed by atoms with van der Waals surface area (Å²) in [5, 5.41) is 2.97. The van der Waals surface area contributed by atoms with Crippen molar-refractivity contribution < 1.29 is 19.0 Å². The molecule has 45 heavy (non-hydrogen) atoms. The number of rotatable bonds is 8. The highest BCUT2D eigenvalue weighted by Crippen LogP contribution is 2.49. The molecule has 1 aromatic carbocycles. The van der Waals surface area contributed by atoms with Crippen molar-refractivity contribution in [3.8, 4) is 22.6 Å². The number of piperazine rings is 1. The summed E-state index contributed by atoms with van der Waals surface area (Å²) in [6, 6.07) is 7.84. The van der Waals surface area contributed by atoms with E-state index in [0.717, 1.165) is 74.0 Å². The molecular weight excluding hydrogens is 572 g/mol. The SMILES string of the molecule is CCN1CCN(c2ccc(-c3cc(C(=O)NCc4c(C)cc(C)[nH]c4=O)c(C)c4c3OC(C)(CN3CCOCC3)O4)cn2)CC1. The maximum Gasteiger partial charge on any atom is 0.261 e. The van der Waals surface area contributed by atoms with Gasteiger partial charge in [0.1, 0.15) is 5.82 Å². The van der Waals surface area contributed by atoms with Crippen LogP contribution >= 0.6 is 0 Å². The summed E-state index contributed by atoms with van der Waals surface area (Å²) >= 11 is 0. The molecule has 5 heterocycles. The largest absolute Gasteiger partial charge is 0.447 e. The highest BCUT2D eigenvalue weighted by atomic mass is 16.7. The Morgan fingerprint density at radius 3 is 2.40 bits per heavy atom. The summed E-state index contributed by atoms with van der Waals surface area (Å²) < 4.78 is 18.7. The van der Waals surface area contributed by atoms with Gasteiger partial charge in [-0.3, -0.25) is 14.5 Å². The molecule has 0 saturated carbocycles. The first-order valence-corrected chi connectivity index (χ1v) is 15.9. The lowest BCUT2D eigenvalue weighted by molar-refractivity contribution is -0.0973. The molecule has 3 aliphatic heterocycles. The molecular formula is C34H44N6O5. The van der Waals surface area contributed by atoms with Gasteiger partial charge >= 0.3 is 0 Å². The highest BCUT2D eigenvalue weighted by molar-refractivity contribution is 5.99. The minimum absolute atomic E-state index is 0.111. The smallest absolute Gasteiger partial charge is 0.261 e. The van der Waals surface area contributed by atoms with Crippen molar-refractivity contribution in [2.75, 3.05) is 70.5 Å². The Kier molecular flexibility index (Phi) is 8.85. The Bertz CT molecular complexity index is 1610. The topological polar surface area (TPSA) is 112 Å². The molecule has 1 unspecified atom stereocenters. The molecule has 2 fully saturated rings. The molecule has 2 saturated heterocycles. The zero-order chi connectivity index (χ0) is 31.7. The number of likely N-dealkylation sites (N-methyl/N-ethyl adjacent to an activating group) is 1. The highest BCUT2D eigenvalue weighted by Gasteiger charge is 2.42. The first-order chi connectivity index (χ1) is 21.6. The fourth-order valence-electron chi connectivity index (χ4n) is 6.48. The molecule has 0 spiro atoms. The summed E-state index contributed by atoms with van der Waals surface area (Å²) in [5.41, 5.74) is 4.68. The van der Waals surface area contributed by atoms with E-state index in [9.17, 15) is 9.59 Å². The number of nitrogens with zero attached hydrogens (tertiary/aromatic N) is 4. The van der Waals surface area contributed by atoms with Gasteiger partial charge in [0.2, 0.25) is 0 Å². The lowest BCUT2D eigenvalue weighted by Gasteiger charge is -2.34. The van der Waals surface area contributed by atoms with E-state index >= 15 is 0 Å². The van der Waals surface area contributed by atoms with E-state index in [0.29, 0.717) is 47.9 Å². The number of anilines is 1. The number of nitrogens with one attached hydrogen (secondary N) is 2. The predicted molar refractivity (Wildman–Crippen MR) is 173 cm³/mol. The van der Waals surface area contributed by atoms with Gasteiger partial charge in [-0.05, 0) is 57.1 Å². The summed E-state index contributed by atoms with van der Waals surface area (Å²) in [6.45, 7) is 18.3. The van der Waals surface area contributed by atoms with Crippen molar-refractivity contribution in [2.24, 2.45) is 0 Å². The number of hydrogen-bond acceptors (Lipinski definition) is 9. The Hall–Kier alpha value is -3.93. The summed E-state index contributed by atoms with van der Waals surface area (Å²) in [7, 11) is 0. The first kappa shape index (κ1) is 31.1. The van der Waals surface area contributed by atoms with Crippen LogP contribution in [0.5, 0.6) is 11.5 Å². The maximum atomic E-state index is 13.7. The lowest BCUT2D eigenvalue weighted by Crippen LogP contribution is -2.50. The van der Waals surface area contributed by atoms with Crippen LogP contribution in [0.1, 0.15) is 46.6 Å². The second kappa shape index (κ2) is 12.8. The molecule has 240 valence electrons. The van der Waals surface area contributed by atoms with Gasteiger partial charge in [0.25, 0.3) is 17.3 Å². The number of carbonyl (C=O) groups excluding carboxylic acids is 1. The van der Waals surface area contributed by atoms with E-state index in [1.807, 2.05) is 58.2 Å². The number of hydrogen-bond donors (Lipinski definition) is 2. The predicted octanol–water partition coefficient (Wildman–Crippen LogP) is 3.25. The molecule has 2 aromatic heterocycles. The third-order valence-corrected chi connectivity index (χ3v) is 9.10. The first-order valence-electron chi connectivity index (χ1n) is 15.9. The molecule has 3 aliphatic rings. The van der Waals surface area contributed by atoms with Crippen molar-refractivity contribution >= 4 is 11.7 Å². The van der Waals surface area contributed by atoms with Crippen LogP contribution in [-0.4, -0.2) is 97.0 Å². The number of H-pyrrole nitrogens is 1. The van der Waals surface area contributed by atoms with E-state index in [1.54, 1.807) is 0 Å². The van der Waals surface area contributed by atoms with Gasteiger partial charge < -0.3 is 34.3 Å². The number of ether oxygens (including phenoxy) is 3. The number of benzene rings is 1. The number of aryl methyl sites for hydroxylation is 2. The van der Waals surface area contributed by atoms with Crippen molar-refractivity contribution in [3.05, 3.63) is 68.8 Å². The van der Waals surface area contributed by atoms with Crippen LogP contribution in [0.4, 0.5) is 5.82 Å². The molecule has 11 nitrogen and oxygen atoms in total. The number of pyridine rings is 2. The van der Waals surface area contributed by atoms with E-state index in [4.69, 9.17) is 19.2 Å². The van der Waals surface area contributed by atoms with Crippen LogP contribution in [0.3, 0.4) is 0 Å². The van der Waals surface area contributed by atoms with Gasteiger partial charge in [0.15, 0.2) is 11.5 Å². The Morgan fingerprint density at radius 1 is 1.00 bits per heavy atom. The zero-order valence-electron chi connectivity index (χ0n) is 27.0. The second-order valence-electron chi connectivity index (χ2n) is 12.4. The van der Waals surface area contributed by atoms with Crippen molar-refractivity contribution in [3.63, 3.8) is 0 Å². The molecule has 2 N–H and O–H groups in total. The fraction of sp³-hybridized carbons (Fsp3) is 0.500. The van der Waals surface area contributed by atoms with Crippen molar-refractivity contribution in [1.29, 1.82) is 0 Å². The summed E-state index contributed by atoms with van der Waals surface area (Å²) in [5.74, 6) is 0.866. The standard InChI is InChI=1S/C34H44N6O5/c1-6-38-9-11-40(12-10-38)29-8-7-25(19-35-29)27-18-26(32(41)36-20-28-22(2)17-23(3)37-33(28)42)24(4)30-31(27)45-34(5,44-30)21-39-13-15-43-16-14-39/h7-8,17-19H,6,9-16,20-21H2,1-5H3,(H,36,41)(H,37,42). The average Bonchev–Trinajstić information content (AvgIpc) is 3.38. The van der Waals surface area contributed by atoms with E-state index in [-0.39, 0.29) is 18.0 Å². The number of amides is 1. The minimum Gasteiger partial charge on any atom is -0.447 e. The Morgan fingerprint density at radius 2 is 1.73 bits per heavy atom. The lowest BCUT2D eigenvalue weighted by atomic mass is 9.97. The van der Waals surface area contributed by atoms with Crippen molar-refractivity contribution in [1.82, 2.24) is 25.1 Å². The molecule has 6 rings (SSSR count). The van der Waals surface area contributed by atoms with Gasteiger partial charge in [0, 0.05) is 92.4 Å². The van der Waals surface area contributed by atoms with E-state index < -0.39 is 5.79 Å². The normalized spacial score (nSPS) is 20.4. The van der Waals surface area contributed by atoms with Crippen LogP contribution in [0.15, 0.2) is 35.3 Å². The van der Waals surface area contributed by atoms with Crippen LogP contribution in [0.2, 0.25) is 0 Å². The molecule has 11 heteroatoms. The van der Waals surface area contributed by atoms with Crippen LogP contribution < -0.4 is 25.2 Å². The molecule has 1 atom stereocenters. The third kappa shape index (κ3) is 6.56. The van der Waals surface area contributed by atoms with Crippen LogP contribution in [0.25, 0.3) is 11.1 Å². The number of aromatic amines is 1. The summed E-state index contributed by atoms with van der Waals surface area (Å²) in [4.78, 5) is 41.0. The fourth-order valence-corrected chi connectivity index (χ4v) is 6.48. The van der Waals surface area contributed by atoms with Gasteiger partial charge in [-0.25, -0.2) is 4.98 Å².